The van der Waals surface area contributed by atoms with Crippen molar-refractivity contribution < 1.29 is 33.6 Å². The highest BCUT2D eigenvalue weighted by Crippen LogP contribution is 2.40. The number of hydrogen-bond donors (Lipinski definition) is 2. The molecule has 9 nitrogen and oxygen atoms in total. The summed E-state index contributed by atoms with van der Waals surface area (Å²) in [7, 11) is 1.66. The highest BCUT2D eigenvalue weighted by molar-refractivity contribution is 5.96. The van der Waals surface area contributed by atoms with E-state index in [1.165, 1.54) is 4.90 Å². The number of likely N-dealkylation sites (tertiary alicyclic amines) is 1. The van der Waals surface area contributed by atoms with E-state index in [0.717, 1.165) is 45.9 Å². The second-order valence-corrected chi connectivity index (χ2v) is 12.1. The molecule has 3 aromatic carbocycles. The molecule has 44 heavy (non-hydrogen) atoms. The zero-order chi connectivity index (χ0) is 31.1. The van der Waals surface area contributed by atoms with Crippen molar-refractivity contribution in [2.75, 3.05) is 38.7 Å². The molecule has 0 saturated carbocycles. The quantitative estimate of drug-likeness (QED) is 0.233. The van der Waals surface area contributed by atoms with Crippen LogP contribution in [0.15, 0.2) is 66.7 Å². The molecule has 2 amide bonds. The number of nitrogens with zero attached hydrogens (tertiary/aromatic N) is 1. The maximum absolute atomic E-state index is 12.4. The first-order chi connectivity index (χ1) is 21.2. The van der Waals surface area contributed by atoms with Crippen LogP contribution in [0.1, 0.15) is 61.3 Å². The van der Waals surface area contributed by atoms with Crippen LogP contribution in [0, 0.1) is 0 Å². The van der Waals surface area contributed by atoms with Crippen LogP contribution in [0.4, 0.5) is 10.5 Å². The van der Waals surface area contributed by atoms with Gasteiger partial charge in [0.1, 0.15) is 11.5 Å². The fraction of sp³-hybridized carbons (Fsp3) is 0.429. The van der Waals surface area contributed by atoms with Gasteiger partial charge in [-0.1, -0.05) is 62.4 Å². The first-order valence-corrected chi connectivity index (χ1v) is 15.2. The molecule has 2 unspecified atom stereocenters. The zero-order valence-electron chi connectivity index (χ0n) is 25.7. The van der Waals surface area contributed by atoms with E-state index in [4.69, 9.17) is 18.9 Å². The Hall–Kier alpha value is -4.08. The van der Waals surface area contributed by atoms with E-state index in [1.807, 2.05) is 66.7 Å². The fourth-order valence-corrected chi connectivity index (χ4v) is 6.12. The summed E-state index contributed by atoms with van der Waals surface area (Å²) in [5.74, 6) is 1.61. The number of hydrogen-bond acceptors (Lipinski definition) is 6. The lowest BCUT2D eigenvalue weighted by molar-refractivity contribution is -0.117. The Morgan fingerprint density at radius 1 is 1.00 bits per heavy atom. The molecule has 2 heterocycles. The number of benzene rings is 3. The molecule has 2 atom stereocenters. The molecule has 2 N–H and O–H groups in total. The summed E-state index contributed by atoms with van der Waals surface area (Å²) in [5.41, 5.74) is 4.62. The highest BCUT2D eigenvalue weighted by atomic mass is 16.5. The standard InChI is InChI=1S/C35H42N2O7/c1-35(2)20-32(38)36-33-26(9-6-10-29(33)35)23-44-31-21-37(34(39)40)17-16-28(31)24-12-14-27(15-13-24)43-19-7-18-42-22-25-8-4-5-11-30(25)41-3/h4-6,8-15,28,31H,7,16-23H2,1-3H3,(H,36,38)(H,39,40). The molecule has 3 aromatic rings. The Kier molecular flexibility index (Phi) is 10.1. The lowest BCUT2D eigenvalue weighted by atomic mass is 9.77. The molecule has 0 aliphatic carbocycles. The number of ether oxygens (including phenoxy) is 4. The molecule has 0 radical (unpaired) electrons. The summed E-state index contributed by atoms with van der Waals surface area (Å²) >= 11 is 0. The van der Waals surface area contributed by atoms with E-state index in [9.17, 15) is 14.7 Å². The minimum absolute atomic E-state index is 0.00905. The number of carbonyl (C=O) groups is 2. The van der Waals surface area contributed by atoms with E-state index in [-0.39, 0.29) is 36.5 Å². The summed E-state index contributed by atoms with van der Waals surface area (Å²) in [6.07, 6.45) is 0.549. The van der Waals surface area contributed by atoms with Gasteiger partial charge in [0.05, 0.1) is 51.9 Å². The molecule has 234 valence electrons. The summed E-state index contributed by atoms with van der Waals surface area (Å²) in [5, 5.41) is 12.7. The molecule has 9 heteroatoms. The van der Waals surface area contributed by atoms with Gasteiger partial charge < -0.3 is 34.3 Å². The van der Waals surface area contributed by atoms with Crippen molar-refractivity contribution in [3.05, 3.63) is 89.0 Å². The fourth-order valence-electron chi connectivity index (χ4n) is 6.12. The molecule has 2 aliphatic heterocycles. The number of anilines is 1. The molecule has 0 aromatic heterocycles. The van der Waals surface area contributed by atoms with E-state index in [2.05, 4.69) is 19.2 Å². The molecule has 1 fully saturated rings. The van der Waals surface area contributed by atoms with Gasteiger partial charge in [-0.15, -0.1) is 0 Å². The van der Waals surface area contributed by atoms with Crippen molar-refractivity contribution in [2.24, 2.45) is 0 Å². The molecular weight excluding hydrogens is 560 g/mol. The number of fused-ring (bicyclic) bond motifs is 1. The Bertz CT molecular complexity index is 1440. The number of amides is 2. The van der Waals surface area contributed by atoms with Crippen LogP contribution >= 0.6 is 0 Å². The second-order valence-electron chi connectivity index (χ2n) is 12.1. The van der Waals surface area contributed by atoms with Gasteiger partial charge in [0.15, 0.2) is 0 Å². The molecule has 0 bridgehead atoms. The third kappa shape index (κ3) is 7.52. The highest BCUT2D eigenvalue weighted by Gasteiger charge is 2.35. The number of para-hydroxylation sites is 2. The molecular formula is C35H42N2O7. The number of methoxy groups -OCH3 is 1. The van der Waals surface area contributed by atoms with Gasteiger partial charge in [-0.2, -0.15) is 0 Å². The Labute approximate surface area is 259 Å². The zero-order valence-corrected chi connectivity index (χ0v) is 25.7. The van der Waals surface area contributed by atoms with Crippen LogP contribution in [-0.4, -0.2) is 61.5 Å². The monoisotopic (exact) mass is 602 g/mol. The van der Waals surface area contributed by atoms with E-state index in [1.54, 1.807) is 7.11 Å². The largest absolute Gasteiger partial charge is 0.496 e. The predicted octanol–water partition coefficient (Wildman–Crippen LogP) is 6.35. The number of carbonyl (C=O) groups excluding carboxylic acids is 1. The van der Waals surface area contributed by atoms with E-state index < -0.39 is 6.09 Å². The van der Waals surface area contributed by atoms with Crippen molar-refractivity contribution >= 4 is 17.7 Å². The summed E-state index contributed by atoms with van der Waals surface area (Å²) in [6, 6.07) is 21.8. The smallest absolute Gasteiger partial charge is 0.407 e. The first-order valence-electron chi connectivity index (χ1n) is 15.2. The van der Waals surface area contributed by atoms with E-state index >= 15 is 0 Å². The number of piperidine rings is 1. The van der Waals surface area contributed by atoms with Gasteiger partial charge in [-0.3, -0.25) is 4.79 Å². The van der Waals surface area contributed by atoms with Crippen molar-refractivity contribution in [1.82, 2.24) is 4.90 Å². The summed E-state index contributed by atoms with van der Waals surface area (Å²) < 4.78 is 23.6. The average Bonchev–Trinajstić information content (AvgIpc) is 3.01. The Morgan fingerprint density at radius 3 is 2.55 bits per heavy atom. The van der Waals surface area contributed by atoms with Crippen molar-refractivity contribution in [1.29, 1.82) is 0 Å². The number of carboxylic acid groups (broad SMARTS) is 1. The molecule has 2 aliphatic rings. The minimum atomic E-state index is -0.946. The Morgan fingerprint density at radius 2 is 1.77 bits per heavy atom. The van der Waals surface area contributed by atoms with Crippen LogP contribution in [0.3, 0.4) is 0 Å². The number of nitrogens with one attached hydrogen (secondary N) is 1. The van der Waals surface area contributed by atoms with Gasteiger partial charge in [0.25, 0.3) is 0 Å². The van der Waals surface area contributed by atoms with Crippen LogP contribution in [0.2, 0.25) is 0 Å². The third-order valence-corrected chi connectivity index (χ3v) is 8.49. The predicted molar refractivity (Wildman–Crippen MR) is 167 cm³/mol. The molecule has 5 rings (SSSR count). The van der Waals surface area contributed by atoms with Crippen molar-refractivity contribution in [3.8, 4) is 11.5 Å². The lowest BCUT2D eigenvalue weighted by Gasteiger charge is -2.38. The topological polar surface area (TPSA) is 107 Å². The van der Waals surface area contributed by atoms with Crippen molar-refractivity contribution in [3.63, 3.8) is 0 Å². The molecule has 1 saturated heterocycles. The summed E-state index contributed by atoms with van der Waals surface area (Å²) in [6.45, 7) is 6.73. The normalized spacial score (nSPS) is 19.2. The maximum atomic E-state index is 12.4. The van der Waals surface area contributed by atoms with Crippen molar-refractivity contribution in [2.45, 2.75) is 63.8 Å². The maximum Gasteiger partial charge on any atom is 0.407 e. The van der Waals surface area contributed by atoms with Gasteiger partial charge in [-0.25, -0.2) is 4.79 Å². The Balaban J connectivity index is 1.17. The second kappa shape index (κ2) is 14.1. The average molecular weight is 603 g/mol. The number of rotatable bonds is 12. The first kappa shape index (κ1) is 31.3. The van der Waals surface area contributed by atoms with Gasteiger partial charge in [0.2, 0.25) is 5.91 Å². The van der Waals surface area contributed by atoms with Gasteiger partial charge in [-0.05, 0) is 35.7 Å². The van der Waals surface area contributed by atoms with Crippen LogP contribution in [-0.2, 0) is 32.9 Å². The van der Waals surface area contributed by atoms with E-state index in [0.29, 0.717) is 39.2 Å². The van der Waals surface area contributed by atoms with Crippen LogP contribution in [0.25, 0.3) is 0 Å². The third-order valence-electron chi connectivity index (χ3n) is 8.49. The minimum Gasteiger partial charge on any atom is -0.496 e. The SMILES string of the molecule is COc1ccccc1COCCCOc1ccc(C2CCN(C(=O)O)CC2OCc2cccc3c2NC(=O)CC3(C)C)cc1. The van der Waals surface area contributed by atoms with Crippen LogP contribution in [0.5, 0.6) is 11.5 Å². The van der Waals surface area contributed by atoms with Gasteiger partial charge >= 0.3 is 6.09 Å². The lowest BCUT2D eigenvalue weighted by Crippen LogP contribution is -2.46. The van der Waals surface area contributed by atoms with Crippen LogP contribution < -0.4 is 14.8 Å². The molecule has 0 spiro atoms. The summed E-state index contributed by atoms with van der Waals surface area (Å²) in [4.78, 5) is 25.7. The van der Waals surface area contributed by atoms with Gasteiger partial charge in [0, 0.05) is 41.8 Å².